The van der Waals surface area contributed by atoms with Gasteiger partial charge in [-0.3, -0.25) is 4.99 Å². The summed E-state index contributed by atoms with van der Waals surface area (Å²) in [6, 6.07) is 6.38. The maximum Gasteiger partial charge on any atom is 0.238 e. The topological polar surface area (TPSA) is 111 Å². The molecule has 0 atom stereocenters. The van der Waals surface area contributed by atoms with Crippen LogP contribution in [0.5, 0.6) is 0 Å². The van der Waals surface area contributed by atoms with E-state index >= 15 is 0 Å². The Morgan fingerprint density at radius 2 is 1.95 bits per heavy atom. The number of halogens is 1. The van der Waals surface area contributed by atoms with Gasteiger partial charge >= 0.3 is 0 Å². The predicted octanol–water partition coefficient (Wildman–Crippen LogP) is 0.585. The number of hydrogen-bond acceptors (Lipinski definition) is 3. The summed E-state index contributed by atoms with van der Waals surface area (Å²) in [5.74, 6) is 0.362. The fraction of sp³-hybridized carbons (Fsp3) is 0.250. The molecule has 1 aromatic carbocycles. The van der Waals surface area contributed by atoms with Crippen LogP contribution in [-0.2, 0) is 16.4 Å². The van der Waals surface area contributed by atoms with Crippen LogP contribution in [0.15, 0.2) is 46.8 Å². The van der Waals surface area contributed by atoms with Gasteiger partial charge in [0.2, 0.25) is 10.0 Å². The van der Waals surface area contributed by atoms with E-state index in [-0.39, 0.29) is 28.9 Å². The Labute approximate surface area is 136 Å². The van der Waals surface area contributed by atoms with E-state index in [1.54, 1.807) is 18.2 Å². The summed E-state index contributed by atoms with van der Waals surface area (Å²) >= 11 is 0. The van der Waals surface area contributed by atoms with Crippen molar-refractivity contribution in [3.05, 3.63) is 42.5 Å². The summed E-state index contributed by atoms with van der Waals surface area (Å²) in [5.41, 5.74) is 6.57. The number of benzene rings is 1. The van der Waals surface area contributed by atoms with Crippen LogP contribution in [0.2, 0.25) is 0 Å². The molecular formula is C12H19IN4O2S. The van der Waals surface area contributed by atoms with Crippen molar-refractivity contribution in [2.75, 3.05) is 13.1 Å². The first-order valence-electron chi connectivity index (χ1n) is 5.70. The largest absolute Gasteiger partial charge is 0.370 e. The SMILES string of the molecule is C=CCNC(N)=NCCc1ccc(S(N)(=O)=O)cc1.I. The number of guanidine groups is 1. The van der Waals surface area contributed by atoms with Gasteiger partial charge in [-0.15, -0.1) is 30.6 Å². The lowest BCUT2D eigenvalue weighted by Gasteiger charge is -2.03. The Morgan fingerprint density at radius 1 is 1.35 bits per heavy atom. The Kier molecular flexibility index (Phi) is 8.42. The number of hydrogen-bond donors (Lipinski definition) is 3. The fourth-order valence-electron chi connectivity index (χ4n) is 1.38. The van der Waals surface area contributed by atoms with Gasteiger partial charge in [0.15, 0.2) is 5.96 Å². The van der Waals surface area contributed by atoms with Crippen LogP contribution >= 0.6 is 24.0 Å². The second-order valence-electron chi connectivity index (χ2n) is 3.88. The molecule has 112 valence electrons. The molecule has 0 aliphatic rings. The second-order valence-corrected chi connectivity index (χ2v) is 5.44. The molecule has 0 aliphatic heterocycles. The quantitative estimate of drug-likeness (QED) is 0.276. The van der Waals surface area contributed by atoms with Crippen LogP contribution in [0.3, 0.4) is 0 Å². The lowest BCUT2D eigenvalue weighted by Crippen LogP contribution is -2.31. The number of rotatable bonds is 6. The Bertz CT molecular complexity index is 555. The number of aliphatic imine (C=N–C) groups is 1. The maximum absolute atomic E-state index is 11.1. The molecule has 1 aromatic rings. The Balaban J connectivity index is 0.00000361. The Hall–Kier alpha value is -1.13. The van der Waals surface area contributed by atoms with Gasteiger partial charge in [0, 0.05) is 13.1 Å². The molecule has 5 N–H and O–H groups in total. The molecule has 0 aromatic heterocycles. The summed E-state index contributed by atoms with van der Waals surface area (Å²) in [6.07, 6.45) is 2.36. The Morgan fingerprint density at radius 3 is 2.45 bits per heavy atom. The van der Waals surface area contributed by atoms with Crippen LogP contribution in [0.1, 0.15) is 5.56 Å². The third-order valence-corrected chi connectivity index (χ3v) is 3.29. The molecule has 0 radical (unpaired) electrons. The zero-order valence-corrected chi connectivity index (χ0v) is 14.1. The predicted molar refractivity (Wildman–Crippen MR) is 91.6 cm³/mol. The van der Waals surface area contributed by atoms with Crippen molar-refractivity contribution in [3.63, 3.8) is 0 Å². The molecule has 1 rings (SSSR count). The molecule has 20 heavy (non-hydrogen) atoms. The molecule has 0 heterocycles. The number of sulfonamides is 1. The molecular weight excluding hydrogens is 391 g/mol. The van der Waals surface area contributed by atoms with E-state index < -0.39 is 10.0 Å². The van der Waals surface area contributed by atoms with Crippen molar-refractivity contribution < 1.29 is 8.42 Å². The highest BCUT2D eigenvalue weighted by atomic mass is 127. The van der Waals surface area contributed by atoms with Crippen molar-refractivity contribution in [1.82, 2.24) is 5.32 Å². The molecule has 8 heteroatoms. The van der Waals surface area contributed by atoms with Crippen LogP contribution in [0.25, 0.3) is 0 Å². The molecule has 0 spiro atoms. The number of nitrogens with two attached hydrogens (primary N) is 2. The highest BCUT2D eigenvalue weighted by Gasteiger charge is 2.06. The van der Waals surface area contributed by atoms with Gasteiger partial charge in [-0.05, 0) is 24.1 Å². The molecule has 0 amide bonds. The first-order valence-corrected chi connectivity index (χ1v) is 7.24. The molecule has 0 bridgehead atoms. The fourth-order valence-corrected chi connectivity index (χ4v) is 1.90. The molecule has 6 nitrogen and oxygen atoms in total. The van der Waals surface area contributed by atoms with E-state index in [1.807, 2.05) is 0 Å². The van der Waals surface area contributed by atoms with Crippen molar-refractivity contribution in [2.24, 2.45) is 15.9 Å². The van der Waals surface area contributed by atoms with E-state index in [1.165, 1.54) is 12.1 Å². The number of primary sulfonamides is 1. The van der Waals surface area contributed by atoms with Crippen molar-refractivity contribution in [2.45, 2.75) is 11.3 Å². The lowest BCUT2D eigenvalue weighted by molar-refractivity contribution is 0.598. The van der Waals surface area contributed by atoms with Crippen molar-refractivity contribution in [3.8, 4) is 0 Å². The van der Waals surface area contributed by atoms with Crippen LogP contribution < -0.4 is 16.2 Å². The smallest absolute Gasteiger partial charge is 0.238 e. The standard InChI is InChI=1S/C12H18N4O2S.HI/c1-2-8-15-12(13)16-9-7-10-3-5-11(6-4-10)19(14,17)18;/h2-6H,1,7-9H2,(H3,13,15,16)(H2,14,17,18);1H. The van der Waals surface area contributed by atoms with E-state index in [9.17, 15) is 8.42 Å². The van der Waals surface area contributed by atoms with Crippen LogP contribution in [0.4, 0.5) is 0 Å². The molecule has 0 aliphatic carbocycles. The summed E-state index contributed by atoms with van der Waals surface area (Å²) < 4.78 is 22.1. The zero-order chi connectivity index (χ0) is 14.3. The van der Waals surface area contributed by atoms with Gasteiger partial charge in [-0.25, -0.2) is 13.6 Å². The summed E-state index contributed by atoms with van der Waals surface area (Å²) in [4.78, 5) is 4.22. The van der Waals surface area contributed by atoms with Crippen molar-refractivity contribution in [1.29, 1.82) is 0 Å². The van der Waals surface area contributed by atoms with E-state index in [0.717, 1.165) is 5.56 Å². The summed E-state index contributed by atoms with van der Waals surface area (Å²) in [6.45, 7) is 4.64. The highest BCUT2D eigenvalue weighted by Crippen LogP contribution is 2.09. The highest BCUT2D eigenvalue weighted by molar-refractivity contribution is 14.0. The first kappa shape index (κ1) is 18.9. The van der Waals surface area contributed by atoms with E-state index in [0.29, 0.717) is 25.5 Å². The van der Waals surface area contributed by atoms with Crippen LogP contribution in [-0.4, -0.2) is 27.5 Å². The van der Waals surface area contributed by atoms with Crippen LogP contribution in [0, 0.1) is 0 Å². The minimum Gasteiger partial charge on any atom is -0.370 e. The zero-order valence-electron chi connectivity index (χ0n) is 11.0. The third kappa shape index (κ3) is 6.87. The minimum atomic E-state index is -3.63. The lowest BCUT2D eigenvalue weighted by atomic mass is 10.1. The molecule has 0 fully saturated rings. The van der Waals surface area contributed by atoms with Gasteiger partial charge in [0.1, 0.15) is 0 Å². The van der Waals surface area contributed by atoms with Gasteiger partial charge in [-0.2, -0.15) is 0 Å². The van der Waals surface area contributed by atoms with Gasteiger partial charge < -0.3 is 11.1 Å². The third-order valence-electron chi connectivity index (χ3n) is 2.36. The minimum absolute atomic E-state index is 0. The summed E-state index contributed by atoms with van der Waals surface area (Å²) in [5, 5.41) is 7.87. The number of nitrogens with one attached hydrogen (secondary N) is 1. The van der Waals surface area contributed by atoms with Gasteiger partial charge in [-0.1, -0.05) is 18.2 Å². The summed E-state index contributed by atoms with van der Waals surface area (Å²) in [7, 11) is -3.63. The second kappa shape index (κ2) is 8.93. The first-order chi connectivity index (χ1) is 8.93. The average molecular weight is 410 g/mol. The monoisotopic (exact) mass is 410 g/mol. The normalized spacial score (nSPS) is 11.6. The maximum atomic E-state index is 11.1. The molecule has 0 saturated carbocycles. The number of nitrogens with zero attached hydrogens (tertiary/aromatic N) is 1. The molecule has 0 unspecified atom stereocenters. The van der Waals surface area contributed by atoms with E-state index in [4.69, 9.17) is 10.9 Å². The van der Waals surface area contributed by atoms with Crippen molar-refractivity contribution >= 4 is 40.0 Å². The van der Waals surface area contributed by atoms with Gasteiger partial charge in [0.05, 0.1) is 4.90 Å². The van der Waals surface area contributed by atoms with E-state index in [2.05, 4.69) is 16.9 Å². The van der Waals surface area contributed by atoms with Gasteiger partial charge in [0.25, 0.3) is 0 Å². The molecule has 0 saturated heterocycles. The average Bonchev–Trinajstić information content (AvgIpc) is 2.36.